The van der Waals surface area contributed by atoms with Gasteiger partial charge in [-0.2, -0.15) is 0 Å². The Kier molecular flexibility index (Phi) is 5.65. The number of para-hydroxylation sites is 1. The van der Waals surface area contributed by atoms with Crippen molar-refractivity contribution in [2.45, 2.75) is 6.92 Å². The number of fused-ring (bicyclic) bond motifs is 1. The number of carboxylic acids is 1. The maximum absolute atomic E-state index is 12.7. The van der Waals surface area contributed by atoms with Crippen LogP contribution < -0.4 is 20.6 Å². The van der Waals surface area contributed by atoms with Gasteiger partial charge in [0.05, 0.1) is 4.70 Å². The Morgan fingerprint density at radius 1 is 1.09 bits per heavy atom. The highest BCUT2D eigenvalue weighted by molar-refractivity contribution is 7.22. The molecule has 2 N–H and O–H groups in total. The van der Waals surface area contributed by atoms with E-state index in [-0.39, 0.29) is 5.58 Å². The molecule has 0 fully saturated rings. The van der Waals surface area contributed by atoms with Crippen molar-refractivity contribution in [3.8, 4) is 11.5 Å². The Hall–Kier alpha value is -4.11. The van der Waals surface area contributed by atoms with Crippen LogP contribution in [0, 0.1) is 6.92 Å². The van der Waals surface area contributed by atoms with Gasteiger partial charge in [0.15, 0.2) is 5.58 Å². The lowest BCUT2D eigenvalue weighted by atomic mass is 10.2. The fraction of sp³-hybridized carbons (Fsp3) is 0.0870. The number of thiophene rings is 1. The second kappa shape index (κ2) is 8.56. The summed E-state index contributed by atoms with van der Waals surface area (Å²) in [4.78, 5) is 36.9. The Balaban J connectivity index is 1.47. The van der Waals surface area contributed by atoms with Crippen molar-refractivity contribution in [3.05, 3.63) is 82.2 Å². The molecule has 0 aliphatic carbocycles. The number of anilines is 2. The number of hydrogen-bond donors (Lipinski definition) is 2. The third-order valence-corrected chi connectivity index (χ3v) is 5.84. The van der Waals surface area contributed by atoms with E-state index in [4.69, 9.17) is 14.3 Å². The molecule has 0 saturated heterocycles. The molecule has 4 aromatic rings. The SMILES string of the molecule is Cc1ccccc1Oc1ccc(NC(=O)N(C)c2cc3oc(=O)c(C(=O)O)cc3s2)cc1. The monoisotopic (exact) mass is 450 g/mol. The van der Waals surface area contributed by atoms with Crippen molar-refractivity contribution in [3.63, 3.8) is 0 Å². The van der Waals surface area contributed by atoms with Crippen LogP contribution in [0.15, 0.2) is 69.9 Å². The first kappa shape index (κ1) is 21.1. The van der Waals surface area contributed by atoms with E-state index in [0.29, 0.717) is 21.1 Å². The van der Waals surface area contributed by atoms with Crippen molar-refractivity contribution in [2.75, 3.05) is 17.3 Å². The van der Waals surface area contributed by atoms with Crippen LogP contribution in [0.1, 0.15) is 15.9 Å². The quantitative estimate of drug-likeness (QED) is 0.426. The predicted octanol–water partition coefficient (Wildman–Crippen LogP) is 5.32. The fourth-order valence-corrected chi connectivity index (χ4v) is 3.92. The maximum atomic E-state index is 12.7. The van der Waals surface area contributed by atoms with Crippen molar-refractivity contribution < 1.29 is 23.8 Å². The average Bonchev–Trinajstić information content (AvgIpc) is 3.18. The zero-order chi connectivity index (χ0) is 22.8. The normalized spacial score (nSPS) is 10.7. The lowest BCUT2D eigenvalue weighted by Crippen LogP contribution is -2.30. The van der Waals surface area contributed by atoms with E-state index in [9.17, 15) is 14.4 Å². The Morgan fingerprint density at radius 2 is 1.81 bits per heavy atom. The zero-order valence-corrected chi connectivity index (χ0v) is 17.9. The van der Waals surface area contributed by atoms with Crippen LogP contribution in [0.3, 0.4) is 0 Å². The summed E-state index contributed by atoms with van der Waals surface area (Å²) in [6.45, 7) is 1.96. The summed E-state index contributed by atoms with van der Waals surface area (Å²) in [7, 11) is 1.56. The number of carbonyl (C=O) groups is 2. The van der Waals surface area contributed by atoms with Gasteiger partial charge in [-0.25, -0.2) is 14.4 Å². The van der Waals surface area contributed by atoms with Crippen LogP contribution in [-0.2, 0) is 0 Å². The smallest absolute Gasteiger partial charge is 0.351 e. The van der Waals surface area contributed by atoms with E-state index in [1.807, 2.05) is 31.2 Å². The number of hydrogen-bond acceptors (Lipinski definition) is 6. The Bertz CT molecular complexity index is 1370. The number of urea groups is 1. The number of rotatable bonds is 5. The van der Waals surface area contributed by atoms with Gasteiger partial charge in [-0.05, 0) is 48.9 Å². The molecule has 162 valence electrons. The lowest BCUT2D eigenvalue weighted by Gasteiger charge is -2.16. The summed E-state index contributed by atoms with van der Waals surface area (Å²) in [5.41, 5.74) is 0.416. The summed E-state index contributed by atoms with van der Waals surface area (Å²) < 4.78 is 11.4. The molecule has 0 unspecified atom stereocenters. The number of carbonyl (C=O) groups excluding carboxylic acids is 1. The minimum atomic E-state index is -1.36. The molecule has 2 aromatic heterocycles. The minimum Gasteiger partial charge on any atom is -0.477 e. The molecule has 2 aromatic carbocycles. The van der Waals surface area contributed by atoms with Crippen molar-refractivity contribution in [1.29, 1.82) is 0 Å². The molecule has 2 heterocycles. The van der Waals surface area contributed by atoms with Gasteiger partial charge in [0.25, 0.3) is 0 Å². The third-order valence-electron chi connectivity index (χ3n) is 4.70. The molecule has 2 amide bonds. The number of amides is 2. The molecule has 32 heavy (non-hydrogen) atoms. The summed E-state index contributed by atoms with van der Waals surface area (Å²) in [5, 5.41) is 12.3. The van der Waals surface area contributed by atoms with Gasteiger partial charge < -0.3 is 19.6 Å². The second-order valence-corrected chi connectivity index (χ2v) is 8.01. The highest BCUT2D eigenvalue weighted by Gasteiger charge is 2.18. The van der Waals surface area contributed by atoms with Crippen molar-refractivity contribution >= 4 is 44.3 Å². The van der Waals surface area contributed by atoms with Crippen LogP contribution in [0.5, 0.6) is 11.5 Å². The third kappa shape index (κ3) is 4.33. The molecule has 0 aliphatic heterocycles. The summed E-state index contributed by atoms with van der Waals surface area (Å²) >= 11 is 1.14. The number of aromatic carboxylic acids is 1. The first-order valence-corrected chi connectivity index (χ1v) is 10.3. The first-order valence-electron chi connectivity index (χ1n) is 9.51. The number of carboxylic acid groups (broad SMARTS) is 1. The Morgan fingerprint density at radius 3 is 2.50 bits per heavy atom. The van der Waals surface area contributed by atoms with Gasteiger partial charge in [-0.15, -0.1) is 11.3 Å². The lowest BCUT2D eigenvalue weighted by molar-refractivity contribution is 0.0692. The molecule has 0 radical (unpaired) electrons. The number of aryl methyl sites for hydroxylation is 1. The van der Waals surface area contributed by atoms with Crippen molar-refractivity contribution in [1.82, 2.24) is 0 Å². The molecule has 0 saturated carbocycles. The van der Waals surface area contributed by atoms with Gasteiger partial charge in [-0.1, -0.05) is 18.2 Å². The van der Waals surface area contributed by atoms with Gasteiger partial charge >= 0.3 is 17.6 Å². The standard InChI is InChI=1S/C23H18N2O6S/c1-13-5-3-4-6-17(13)30-15-9-7-14(8-10-15)24-23(29)25(2)20-12-18-19(32-20)11-16(21(26)27)22(28)31-18/h3-12H,1-2H3,(H,24,29)(H,26,27). The largest absolute Gasteiger partial charge is 0.477 e. The van der Waals surface area contributed by atoms with Gasteiger partial charge in [-0.3, -0.25) is 4.90 Å². The summed E-state index contributed by atoms with van der Waals surface area (Å²) in [6.07, 6.45) is 0. The molecule has 0 bridgehead atoms. The average molecular weight is 450 g/mol. The van der Waals surface area contributed by atoms with E-state index >= 15 is 0 Å². The fourth-order valence-electron chi connectivity index (χ4n) is 2.93. The van der Waals surface area contributed by atoms with Gasteiger partial charge in [0.1, 0.15) is 22.1 Å². The number of ether oxygens (including phenoxy) is 1. The number of nitrogens with zero attached hydrogens (tertiary/aromatic N) is 1. The highest BCUT2D eigenvalue weighted by Crippen LogP contribution is 2.32. The van der Waals surface area contributed by atoms with E-state index in [2.05, 4.69) is 5.32 Å². The molecule has 0 atom stereocenters. The number of benzene rings is 2. The van der Waals surface area contributed by atoms with Crippen LogP contribution in [0.25, 0.3) is 10.3 Å². The maximum Gasteiger partial charge on any atom is 0.351 e. The van der Waals surface area contributed by atoms with Crippen LogP contribution in [0.2, 0.25) is 0 Å². The molecule has 4 rings (SSSR count). The Labute approximate surface area is 186 Å². The summed E-state index contributed by atoms with van der Waals surface area (Å²) in [6, 6.07) is 17.0. The minimum absolute atomic E-state index is 0.220. The molecule has 8 nitrogen and oxygen atoms in total. The molecule has 9 heteroatoms. The van der Waals surface area contributed by atoms with Crippen LogP contribution >= 0.6 is 11.3 Å². The van der Waals surface area contributed by atoms with E-state index in [1.165, 1.54) is 17.0 Å². The van der Waals surface area contributed by atoms with E-state index in [1.54, 1.807) is 31.3 Å². The van der Waals surface area contributed by atoms with Gasteiger partial charge in [0.2, 0.25) is 0 Å². The predicted molar refractivity (Wildman–Crippen MR) is 122 cm³/mol. The molecular weight excluding hydrogens is 432 g/mol. The summed E-state index contributed by atoms with van der Waals surface area (Å²) in [5.74, 6) is 0.0301. The molecular formula is C23H18N2O6S. The molecule has 0 spiro atoms. The highest BCUT2D eigenvalue weighted by atomic mass is 32.1. The van der Waals surface area contributed by atoms with Gasteiger partial charge in [0, 0.05) is 18.8 Å². The van der Waals surface area contributed by atoms with E-state index < -0.39 is 23.2 Å². The zero-order valence-electron chi connectivity index (χ0n) is 17.1. The van der Waals surface area contributed by atoms with Crippen LogP contribution in [0.4, 0.5) is 15.5 Å². The van der Waals surface area contributed by atoms with Crippen LogP contribution in [-0.4, -0.2) is 24.2 Å². The second-order valence-electron chi connectivity index (χ2n) is 6.95. The van der Waals surface area contributed by atoms with E-state index in [0.717, 1.165) is 22.6 Å². The number of nitrogens with one attached hydrogen (secondary N) is 1. The van der Waals surface area contributed by atoms with Crippen molar-refractivity contribution in [2.24, 2.45) is 0 Å². The molecule has 0 aliphatic rings. The first-order chi connectivity index (χ1) is 15.3. The topological polar surface area (TPSA) is 109 Å².